The van der Waals surface area contributed by atoms with E-state index in [0.717, 1.165) is 24.3 Å². The predicted molar refractivity (Wildman–Crippen MR) is 71.5 cm³/mol. The summed E-state index contributed by atoms with van der Waals surface area (Å²) in [5, 5.41) is 3.63. The first-order valence-electron chi connectivity index (χ1n) is 6.68. The van der Waals surface area contributed by atoms with E-state index in [2.05, 4.69) is 36.5 Å². The highest BCUT2D eigenvalue weighted by Gasteiger charge is 2.21. The van der Waals surface area contributed by atoms with Gasteiger partial charge in [0.05, 0.1) is 7.11 Å². The van der Waals surface area contributed by atoms with Crippen molar-refractivity contribution >= 4 is 0 Å². The maximum atomic E-state index is 5.18. The number of ether oxygens (including phenoxy) is 1. The monoisotopic (exact) mass is 233 g/mol. The minimum absolute atomic E-state index is 0.754. The van der Waals surface area contributed by atoms with Crippen molar-refractivity contribution in [3.8, 4) is 5.75 Å². The first kappa shape index (κ1) is 12.4. The van der Waals surface area contributed by atoms with Crippen LogP contribution in [0.5, 0.6) is 5.75 Å². The molecule has 0 aliphatic heterocycles. The Labute approximate surface area is 104 Å². The lowest BCUT2D eigenvalue weighted by molar-refractivity contribution is 0.414. The van der Waals surface area contributed by atoms with Crippen LogP contribution in [0.25, 0.3) is 0 Å². The fraction of sp³-hybridized carbons (Fsp3) is 0.600. The zero-order valence-corrected chi connectivity index (χ0v) is 10.9. The Balaban J connectivity index is 1.82. The van der Waals surface area contributed by atoms with Gasteiger partial charge in [-0.3, -0.25) is 0 Å². The molecule has 0 bridgehead atoms. The van der Waals surface area contributed by atoms with E-state index in [4.69, 9.17) is 4.74 Å². The van der Waals surface area contributed by atoms with Crippen molar-refractivity contribution in [2.24, 2.45) is 5.92 Å². The fourth-order valence-corrected chi connectivity index (χ4v) is 2.08. The Morgan fingerprint density at radius 3 is 2.53 bits per heavy atom. The van der Waals surface area contributed by atoms with Gasteiger partial charge in [0.1, 0.15) is 5.75 Å². The van der Waals surface area contributed by atoms with Crippen molar-refractivity contribution in [3.63, 3.8) is 0 Å². The average molecular weight is 233 g/mol. The van der Waals surface area contributed by atoms with Crippen LogP contribution in [-0.2, 0) is 6.42 Å². The van der Waals surface area contributed by atoms with Crippen molar-refractivity contribution in [1.82, 2.24) is 5.32 Å². The van der Waals surface area contributed by atoms with Crippen LogP contribution in [0.4, 0.5) is 0 Å². The number of methoxy groups -OCH3 is 1. The lowest BCUT2D eigenvalue weighted by Crippen LogP contribution is -2.25. The van der Waals surface area contributed by atoms with Gasteiger partial charge in [-0.2, -0.15) is 0 Å². The summed E-state index contributed by atoms with van der Waals surface area (Å²) in [4.78, 5) is 0. The number of benzene rings is 1. The molecule has 1 aliphatic rings. The third-order valence-corrected chi connectivity index (χ3v) is 3.53. The summed E-state index contributed by atoms with van der Waals surface area (Å²) in [7, 11) is 1.71. The van der Waals surface area contributed by atoms with Gasteiger partial charge < -0.3 is 10.1 Å². The van der Waals surface area contributed by atoms with Gasteiger partial charge in [-0.1, -0.05) is 25.5 Å². The number of nitrogens with one attached hydrogen (secondary N) is 1. The molecule has 94 valence electrons. The molecule has 0 saturated heterocycles. The van der Waals surface area contributed by atoms with Crippen LogP contribution in [0.3, 0.4) is 0 Å². The van der Waals surface area contributed by atoms with E-state index >= 15 is 0 Å². The van der Waals surface area contributed by atoms with E-state index in [1.807, 2.05) is 0 Å². The molecule has 1 N–H and O–H groups in total. The second kappa shape index (κ2) is 6.06. The third-order valence-electron chi connectivity index (χ3n) is 3.53. The third kappa shape index (κ3) is 4.04. The average Bonchev–Trinajstić information content (AvgIpc) is 3.19. The zero-order valence-electron chi connectivity index (χ0n) is 10.9. The van der Waals surface area contributed by atoms with Gasteiger partial charge in [-0.05, 0) is 49.4 Å². The molecule has 0 radical (unpaired) electrons. The van der Waals surface area contributed by atoms with Crippen LogP contribution in [0, 0.1) is 5.92 Å². The first-order chi connectivity index (χ1) is 8.31. The molecule has 1 fully saturated rings. The maximum absolute atomic E-state index is 5.18. The minimum Gasteiger partial charge on any atom is -0.497 e. The van der Waals surface area contributed by atoms with E-state index in [1.54, 1.807) is 7.11 Å². The summed E-state index contributed by atoms with van der Waals surface area (Å²) < 4.78 is 5.18. The highest BCUT2D eigenvalue weighted by molar-refractivity contribution is 5.27. The van der Waals surface area contributed by atoms with Gasteiger partial charge in [-0.25, -0.2) is 0 Å². The van der Waals surface area contributed by atoms with Gasteiger partial charge in [0, 0.05) is 6.04 Å². The molecule has 0 aromatic heterocycles. The summed E-state index contributed by atoms with van der Waals surface area (Å²) >= 11 is 0. The number of rotatable bonds is 7. The summed E-state index contributed by atoms with van der Waals surface area (Å²) in [6, 6.07) is 9.28. The predicted octanol–water partition coefficient (Wildman–Crippen LogP) is 3.02. The van der Waals surface area contributed by atoms with Gasteiger partial charge in [0.15, 0.2) is 0 Å². The van der Waals surface area contributed by atoms with Crippen LogP contribution < -0.4 is 10.1 Å². The van der Waals surface area contributed by atoms with E-state index in [0.29, 0.717) is 0 Å². The molecule has 17 heavy (non-hydrogen) atoms. The van der Waals surface area contributed by atoms with Gasteiger partial charge in [0.2, 0.25) is 0 Å². The molecule has 1 aromatic rings. The van der Waals surface area contributed by atoms with Gasteiger partial charge in [0.25, 0.3) is 0 Å². The number of hydrogen-bond acceptors (Lipinski definition) is 2. The van der Waals surface area contributed by atoms with Crippen molar-refractivity contribution < 1.29 is 4.74 Å². The van der Waals surface area contributed by atoms with Crippen LogP contribution in [0.2, 0.25) is 0 Å². The number of hydrogen-bond donors (Lipinski definition) is 1. The van der Waals surface area contributed by atoms with E-state index in [9.17, 15) is 0 Å². The topological polar surface area (TPSA) is 21.3 Å². The van der Waals surface area contributed by atoms with Gasteiger partial charge in [-0.15, -0.1) is 0 Å². The lowest BCUT2D eigenvalue weighted by atomic mass is 9.97. The highest BCUT2D eigenvalue weighted by Crippen LogP contribution is 2.20. The Morgan fingerprint density at radius 2 is 2.00 bits per heavy atom. The van der Waals surface area contributed by atoms with Gasteiger partial charge >= 0.3 is 0 Å². The van der Waals surface area contributed by atoms with Crippen LogP contribution in [-0.4, -0.2) is 19.7 Å². The summed E-state index contributed by atoms with van der Waals surface area (Å²) in [6.45, 7) is 3.44. The van der Waals surface area contributed by atoms with Crippen LogP contribution in [0.15, 0.2) is 24.3 Å². The molecule has 1 aliphatic carbocycles. The molecule has 2 rings (SSSR count). The first-order valence-corrected chi connectivity index (χ1v) is 6.68. The Hall–Kier alpha value is -1.02. The van der Waals surface area contributed by atoms with Crippen molar-refractivity contribution in [2.75, 3.05) is 13.7 Å². The van der Waals surface area contributed by atoms with Crippen molar-refractivity contribution in [3.05, 3.63) is 29.8 Å². The Bertz CT molecular complexity index is 329. The molecule has 1 saturated carbocycles. The second-order valence-corrected chi connectivity index (χ2v) is 5.01. The summed E-state index contributed by atoms with van der Waals surface area (Å²) in [5.74, 6) is 1.70. The molecule has 0 heterocycles. The van der Waals surface area contributed by atoms with E-state index in [-0.39, 0.29) is 0 Å². The molecular weight excluding hydrogens is 210 g/mol. The molecule has 1 unspecified atom stereocenters. The highest BCUT2D eigenvalue weighted by atomic mass is 16.5. The SMILES string of the molecule is CCC(CNC1CC1)Cc1ccc(OC)cc1. The molecule has 2 heteroatoms. The van der Waals surface area contributed by atoms with Crippen molar-refractivity contribution in [2.45, 2.75) is 38.6 Å². The smallest absolute Gasteiger partial charge is 0.118 e. The molecule has 1 atom stereocenters. The summed E-state index contributed by atoms with van der Waals surface area (Å²) in [5.41, 5.74) is 1.41. The molecule has 0 amide bonds. The largest absolute Gasteiger partial charge is 0.497 e. The molecular formula is C15H23NO. The molecule has 2 nitrogen and oxygen atoms in total. The standard InChI is InChI=1S/C15H23NO/c1-3-12(11-16-14-6-7-14)10-13-4-8-15(17-2)9-5-13/h4-5,8-9,12,14,16H,3,6-7,10-11H2,1-2H3. The second-order valence-electron chi connectivity index (χ2n) is 5.01. The maximum Gasteiger partial charge on any atom is 0.118 e. The van der Waals surface area contributed by atoms with E-state index in [1.165, 1.54) is 31.2 Å². The summed E-state index contributed by atoms with van der Waals surface area (Å²) in [6.07, 6.45) is 5.16. The van der Waals surface area contributed by atoms with Crippen LogP contribution >= 0.6 is 0 Å². The quantitative estimate of drug-likeness (QED) is 0.781. The lowest BCUT2D eigenvalue weighted by Gasteiger charge is -2.15. The fourth-order valence-electron chi connectivity index (χ4n) is 2.08. The zero-order chi connectivity index (χ0) is 12.1. The minimum atomic E-state index is 0.754. The van der Waals surface area contributed by atoms with E-state index < -0.39 is 0 Å². The normalized spacial score (nSPS) is 16.8. The Morgan fingerprint density at radius 1 is 1.29 bits per heavy atom. The molecule has 1 aromatic carbocycles. The van der Waals surface area contributed by atoms with Crippen molar-refractivity contribution in [1.29, 1.82) is 0 Å². The Kier molecular flexibility index (Phi) is 4.43. The molecule has 0 spiro atoms. The van der Waals surface area contributed by atoms with Crippen LogP contribution in [0.1, 0.15) is 31.7 Å².